The summed E-state index contributed by atoms with van der Waals surface area (Å²) in [6, 6.07) is 1.40. The lowest BCUT2D eigenvalue weighted by atomic mass is 9.52. The molecule has 0 N–H and O–H groups in total. The number of likely N-dealkylation sites (N-methyl/N-ethyl adjacent to an activating group) is 1. The quantitative estimate of drug-likeness (QED) is 0.795. The predicted molar refractivity (Wildman–Crippen MR) is 81.6 cm³/mol. The molecule has 1 aromatic carbocycles. The van der Waals surface area contributed by atoms with Crippen LogP contribution in [0, 0.1) is 5.89 Å². The highest BCUT2D eigenvalue weighted by molar-refractivity contribution is 5.89. The van der Waals surface area contributed by atoms with Crippen LogP contribution in [0.4, 0.5) is 0 Å². The molecule has 0 aromatic heterocycles. The summed E-state index contributed by atoms with van der Waals surface area (Å²) in [6.07, 6.45) is -5.37. The number of carbonyl (C=O) groups excluding carboxylic acids is 1. The smallest absolute Gasteiger partial charge is 0.174 e. The first-order valence-electron chi connectivity index (χ1n) is 11.4. The summed E-state index contributed by atoms with van der Waals surface area (Å²) < 4.78 is 77.6. The van der Waals surface area contributed by atoms with Gasteiger partial charge in [0.1, 0.15) is 0 Å². The molecule has 1 spiro atoms. The van der Waals surface area contributed by atoms with Crippen molar-refractivity contribution in [3.05, 3.63) is 23.3 Å². The molecule has 4 aliphatic rings. The van der Waals surface area contributed by atoms with Gasteiger partial charge in [-0.25, -0.2) is 0 Å². The number of likely N-dealkylation sites (tertiary alicyclic amines) is 1. The van der Waals surface area contributed by atoms with E-state index in [2.05, 4.69) is 0 Å². The van der Waals surface area contributed by atoms with Gasteiger partial charge in [0, 0.05) is 28.9 Å². The largest absolute Gasteiger partial charge is 0.493 e. The van der Waals surface area contributed by atoms with Gasteiger partial charge in [-0.15, -0.1) is 0 Å². The van der Waals surface area contributed by atoms with Gasteiger partial charge in [-0.3, -0.25) is 4.79 Å². The molecule has 5 rings (SSSR count). The van der Waals surface area contributed by atoms with Gasteiger partial charge in [-0.1, -0.05) is 6.07 Å². The molecule has 1 saturated carbocycles. The second-order valence-corrected chi connectivity index (χ2v) is 6.32. The van der Waals surface area contributed by atoms with E-state index in [1.165, 1.54) is 6.07 Å². The van der Waals surface area contributed by atoms with E-state index in [-0.39, 0.29) is 24.3 Å². The number of nitrogens with zero attached hydrogens (tertiary/aromatic N) is 1. The lowest BCUT2D eigenvalue weighted by Crippen LogP contribution is -2.65. The molecule has 4 atom stereocenters. The molecule has 0 amide bonds. The summed E-state index contributed by atoms with van der Waals surface area (Å²) in [5, 5.41) is 0. The van der Waals surface area contributed by atoms with Crippen molar-refractivity contribution in [3.8, 4) is 11.5 Å². The molecule has 2 aliphatic carbocycles. The highest BCUT2D eigenvalue weighted by Gasteiger charge is 2.65. The first-order chi connectivity index (χ1) is 13.6. The fourth-order valence-corrected chi connectivity index (χ4v) is 4.49. The van der Waals surface area contributed by atoms with Crippen molar-refractivity contribution in [1.82, 2.24) is 4.90 Å². The molecular formula is C18H21NO3. The average molecular weight is 307 g/mol. The number of piperidine rings is 1. The first-order valence-corrected chi connectivity index (χ1v) is 7.44. The van der Waals surface area contributed by atoms with Crippen LogP contribution in [0.25, 0.3) is 0 Å². The molecule has 2 aliphatic heterocycles. The number of methoxy groups -OCH3 is 1. The third kappa shape index (κ3) is 1.27. The summed E-state index contributed by atoms with van der Waals surface area (Å²) in [7, 11) is -1.10. The minimum absolute atomic E-state index is 0.0643. The van der Waals surface area contributed by atoms with E-state index >= 15 is 0 Å². The summed E-state index contributed by atoms with van der Waals surface area (Å²) in [6.45, 7) is 0.313. The second-order valence-electron chi connectivity index (χ2n) is 6.32. The van der Waals surface area contributed by atoms with Crippen LogP contribution in [0.1, 0.15) is 41.3 Å². The van der Waals surface area contributed by atoms with Crippen molar-refractivity contribution in [2.24, 2.45) is 5.89 Å². The molecule has 0 radical (unpaired) electrons. The van der Waals surface area contributed by atoms with Gasteiger partial charge in [0.25, 0.3) is 0 Å². The maximum atomic E-state index is 13.2. The summed E-state index contributed by atoms with van der Waals surface area (Å²) in [4.78, 5) is 14.9. The second kappa shape index (κ2) is 4.05. The molecule has 1 aromatic rings. The predicted octanol–water partition coefficient (Wildman–Crippen LogP) is 1.93. The van der Waals surface area contributed by atoms with E-state index < -0.39 is 49.0 Å². The van der Waals surface area contributed by atoms with Gasteiger partial charge in [0.2, 0.25) is 0 Å². The van der Waals surface area contributed by atoms with Crippen molar-refractivity contribution < 1.29 is 25.2 Å². The van der Waals surface area contributed by atoms with E-state index in [0.29, 0.717) is 17.7 Å². The van der Waals surface area contributed by atoms with Crippen LogP contribution in [-0.2, 0) is 16.6 Å². The number of ketones is 1. The molecule has 2 heterocycles. The van der Waals surface area contributed by atoms with E-state index in [1.54, 1.807) is 18.0 Å². The SMILES string of the molecule is [2H]C([2H])([2H])Oc1ccc2c3c1OC1([2H])C(=O)C([2H])([2H])C[C@@]4([2H])[C@@]([2H])(C2)N(C)CC[C@]314. The third-order valence-electron chi connectivity index (χ3n) is 5.47. The Bertz CT molecular complexity index is 998. The van der Waals surface area contributed by atoms with Crippen LogP contribution >= 0.6 is 0 Å². The maximum absolute atomic E-state index is 13.2. The Labute approximate surface area is 141 Å². The standard InChI is InChI=1S/C18H21NO3/c1-19-8-7-18-11-4-5-13(20)17(18)22-16-14(21-2)6-3-10(15(16)18)9-12(11)19/h3,6,11-12,17H,4-5,7-9H2,1-2H3/t11-,12+,17?,18-/m0/s1/i2D3,5D2,11D,12D,17D. The molecule has 2 bridgehead atoms. The van der Waals surface area contributed by atoms with Gasteiger partial charge in [0.15, 0.2) is 23.4 Å². The monoisotopic (exact) mass is 307 g/mol. The third-order valence-corrected chi connectivity index (χ3v) is 5.47. The minimum Gasteiger partial charge on any atom is -0.493 e. The summed E-state index contributed by atoms with van der Waals surface area (Å²) in [5.74, 6) is -3.24. The molecular weight excluding hydrogens is 278 g/mol. The molecule has 1 unspecified atom stereocenters. The number of ether oxygens (including phenoxy) is 2. The Kier molecular flexibility index (Phi) is 1.35. The highest BCUT2D eigenvalue weighted by Crippen LogP contribution is 2.62. The number of Topliss-reactive ketones (excluding diaryl/α,β-unsaturated/α-hetero) is 1. The summed E-state index contributed by atoms with van der Waals surface area (Å²) in [5.41, 5.74) is -0.653. The van der Waals surface area contributed by atoms with Crippen molar-refractivity contribution >= 4 is 5.78 Å². The summed E-state index contributed by atoms with van der Waals surface area (Å²) >= 11 is 0. The zero-order valence-corrected chi connectivity index (χ0v) is 12.2. The van der Waals surface area contributed by atoms with Gasteiger partial charge in [-0.05, 0) is 50.4 Å². The van der Waals surface area contributed by atoms with Crippen molar-refractivity contribution in [1.29, 1.82) is 0 Å². The fourth-order valence-electron chi connectivity index (χ4n) is 4.49. The normalized spacial score (nSPS) is 56.7. The zero-order valence-electron chi connectivity index (χ0n) is 20.2. The van der Waals surface area contributed by atoms with Crippen LogP contribution in [0.2, 0.25) is 0 Å². The number of hydrogen-bond acceptors (Lipinski definition) is 4. The van der Waals surface area contributed by atoms with Crippen LogP contribution in [0.15, 0.2) is 12.1 Å². The zero-order chi connectivity index (χ0) is 22.1. The molecule has 1 saturated heterocycles. The lowest BCUT2D eigenvalue weighted by molar-refractivity contribution is -0.138. The Hall–Kier alpha value is -1.55. The number of carbonyl (C=O) groups is 1. The molecule has 22 heavy (non-hydrogen) atoms. The van der Waals surface area contributed by atoms with Crippen LogP contribution in [0.3, 0.4) is 0 Å². The van der Waals surface area contributed by atoms with E-state index in [9.17, 15) is 7.54 Å². The topological polar surface area (TPSA) is 38.8 Å². The van der Waals surface area contributed by atoms with E-state index in [1.807, 2.05) is 0 Å². The minimum atomic E-state index is -2.80. The number of benzene rings is 1. The first kappa shape index (κ1) is 7.35. The average Bonchev–Trinajstić information content (AvgIpc) is 2.88. The van der Waals surface area contributed by atoms with E-state index in [4.69, 9.17) is 17.7 Å². The Morgan fingerprint density at radius 1 is 1.59 bits per heavy atom. The number of hydrogen-bond donors (Lipinski definition) is 0. The maximum Gasteiger partial charge on any atom is 0.174 e. The molecule has 2 fully saturated rings. The molecule has 4 nitrogen and oxygen atoms in total. The van der Waals surface area contributed by atoms with Gasteiger partial charge >= 0.3 is 0 Å². The number of rotatable bonds is 1. The van der Waals surface area contributed by atoms with Gasteiger partial charge < -0.3 is 14.4 Å². The van der Waals surface area contributed by atoms with Crippen LogP contribution in [-0.4, -0.2) is 43.4 Å². The fraction of sp³-hybridized carbons (Fsp3) is 0.611. The Morgan fingerprint density at radius 3 is 3.36 bits per heavy atom. The lowest BCUT2D eigenvalue weighted by Gasteiger charge is -2.57. The van der Waals surface area contributed by atoms with Crippen LogP contribution in [0.5, 0.6) is 11.5 Å². The molecule has 116 valence electrons. The molecule has 4 heteroatoms. The van der Waals surface area contributed by atoms with Crippen molar-refractivity contribution in [3.63, 3.8) is 0 Å². The van der Waals surface area contributed by atoms with Gasteiger partial charge in [-0.2, -0.15) is 0 Å². The Morgan fingerprint density at radius 2 is 2.50 bits per heavy atom. The van der Waals surface area contributed by atoms with E-state index in [0.717, 1.165) is 0 Å². The van der Waals surface area contributed by atoms with Crippen molar-refractivity contribution in [2.45, 2.75) is 43.1 Å². The van der Waals surface area contributed by atoms with Gasteiger partial charge in [0.05, 0.1) is 12.5 Å². The van der Waals surface area contributed by atoms with Crippen LogP contribution < -0.4 is 9.47 Å². The van der Waals surface area contributed by atoms with Crippen molar-refractivity contribution in [2.75, 3.05) is 20.6 Å². The highest BCUT2D eigenvalue weighted by atomic mass is 16.5. The Balaban J connectivity index is 1.87.